The van der Waals surface area contributed by atoms with E-state index in [9.17, 15) is 9.59 Å². The summed E-state index contributed by atoms with van der Waals surface area (Å²) in [6, 6.07) is 9.08. The van der Waals surface area contributed by atoms with E-state index in [-0.39, 0.29) is 17.7 Å². The number of benzene rings is 1. The van der Waals surface area contributed by atoms with Gasteiger partial charge in [0.05, 0.1) is 5.92 Å². The maximum atomic E-state index is 12.5. The largest absolute Gasteiger partial charge is 0.423 e. The highest BCUT2D eigenvalue weighted by molar-refractivity contribution is 5.79. The van der Waals surface area contributed by atoms with Crippen molar-refractivity contribution in [1.82, 2.24) is 20.5 Å². The highest BCUT2D eigenvalue weighted by Crippen LogP contribution is 2.28. The summed E-state index contributed by atoms with van der Waals surface area (Å²) in [5, 5.41) is 5.67. The van der Waals surface area contributed by atoms with E-state index in [0.717, 1.165) is 63.0 Å². The zero-order valence-electron chi connectivity index (χ0n) is 17.6. The zero-order chi connectivity index (χ0) is 20.9. The van der Waals surface area contributed by atoms with Crippen LogP contribution < -0.4 is 15.5 Å². The van der Waals surface area contributed by atoms with Gasteiger partial charge in [0.2, 0.25) is 11.8 Å². The van der Waals surface area contributed by atoms with Gasteiger partial charge in [-0.15, -0.1) is 0 Å². The summed E-state index contributed by atoms with van der Waals surface area (Å²) in [5.74, 6) is 0.0670. The average Bonchev–Trinajstić information content (AvgIpc) is 3.21. The number of nitrogens with zero attached hydrogens (tertiary/aromatic N) is 3. The number of aromatic nitrogens is 1. The van der Waals surface area contributed by atoms with Crippen LogP contribution in [0.15, 0.2) is 28.7 Å². The van der Waals surface area contributed by atoms with Gasteiger partial charge in [-0.1, -0.05) is 12.1 Å². The molecule has 3 heterocycles. The van der Waals surface area contributed by atoms with Crippen LogP contribution in [-0.4, -0.2) is 67.0 Å². The Morgan fingerprint density at radius 3 is 2.63 bits per heavy atom. The lowest BCUT2D eigenvalue weighted by atomic mass is 9.93. The summed E-state index contributed by atoms with van der Waals surface area (Å²) in [7, 11) is 0. The Morgan fingerprint density at radius 2 is 1.87 bits per heavy atom. The number of para-hydroxylation sites is 2. The second kappa shape index (κ2) is 9.47. The molecule has 2 N–H and O–H groups in total. The van der Waals surface area contributed by atoms with Crippen molar-refractivity contribution in [2.24, 2.45) is 5.92 Å². The van der Waals surface area contributed by atoms with Crippen molar-refractivity contribution < 1.29 is 14.0 Å². The normalized spacial score (nSPS) is 21.0. The molecule has 2 saturated heterocycles. The lowest BCUT2D eigenvalue weighted by Crippen LogP contribution is -2.51. The number of oxazole rings is 1. The van der Waals surface area contributed by atoms with E-state index in [1.54, 1.807) is 0 Å². The van der Waals surface area contributed by atoms with Crippen LogP contribution in [0, 0.1) is 5.92 Å². The van der Waals surface area contributed by atoms with Crippen molar-refractivity contribution in [3.8, 4) is 0 Å². The second-order valence-electron chi connectivity index (χ2n) is 8.29. The van der Waals surface area contributed by atoms with Gasteiger partial charge in [0, 0.05) is 45.7 Å². The van der Waals surface area contributed by atoms with Crippen LogP contribution in [0.4, 0.5) is 6.01 Å². The fourth-order valence-corrected chi connectivity index (χ4v) is 4.54. The first-order valence-electron chi connectivity index (χ1n) is 11.0. The van der Waals surface area contributed by atoms with E-state index in [4.69, 9.17) is 4.42 Å². The molecule has 2 fully saturated rings. The van der Waals surface area contributed by atoms with Gasteiger partial charge >= 0.3 is 0 Å². The highest BCUT2D eigenvalue weighted by Gasteiger charge is 2.32. The van der Waals surface area contributed by atoms with Crippen molar-refractivity contribution >= 4 is 28.9 Å². The molecule has 1 unspecified atom stereocenters. The third-order valence-electron chi connectivity index (χ3n) is 6.16. The molecule has 8 nitrogen and oxygen atoms in total. The Kier molecular flexibility index (Phi) is 6.52. The number of carbonyl (C=O) groups is 2. The number of fused-ring (bicyclic) bond motifs is 1. The summed E-state index contributed by atoms with van der Waals surface area (Å²) >= 11 is 0. The summed E-state index contributed by atoms with van der Waals surface area (Å²) in [5.41, 5.74) is 1.73. The fourth-order valence-electron chi connectivity index (χ4n) is 4.54. The molecule has 0 spiro atoms. The number of rotatable bonds is 6. The molecule has 0 bridgehead atoms. The van der Waals surface area contributed by atoms with Gasteiger partial charge in [-0.2, -0.15) is 4.98 Å². The molecule has 1 atom stereocenters. The standard InChI is InChI=1S/C22H31N5O3/c1-16(28)23-10-11-24-21(29)17-5-4-12-27(15-17)18-8-13-26(14-9-18)22-25-19-6-2-3-7-20(19)30-22/h2-3,6-7,17-18H,4-5,8-15H2,1H3,(H,23,28)(H,24,29). The third-order valence-corrected chi connectivity index (χ3v) is 6.16. The maximum absolute atomic E-state index is 12.5. The molecule has 1 aromatic carbocycles. The first-order chi connectivity index (χ1) is 14.6. The molecule has 0 radical (unpaired) electrons. The molecule has 2 amide bonds. The summed E-state index contributed by atoms with van der Waals surface area (Å²) in [6.07, 6.45) is 4.09. The number of anilines is 1. The fraction of sp³-hybridized carbons (Fsp3) is 0.591. The molecule has 8 heteroatoms. The minimum absolute atomic E-state index is 0.0335. The molecule has 2 aliphatic rings. The number of nitrogens with one attached hydrogen (secondary N) is 2. The van der Waals surface area contributed by atoms with Crippen LogP contribution in [-0.2, 0) is 9.59 Å². The third kappa shape index (κ3) is 4.92. The number of hydrogen-bond donors (Lipinski definition) is 2. The van der Waals surface area contributed by atoms with Gasteiger partial charge in [0.1, 0.15) is 5.52 Å². The Bertz CT molecular complexity index is 842. The lowest BCUT2D eigenvalue weighted by molar-refractivity contribution is -0.127. The van der Waals surface area contributed by atoms with E-state index in [1.165, 1.54) is 6.92 Å². The Morgan fingerprint density at radius 1 is 1.10 bits per heavy atom. The zero-order valence-corrected chi connectivity index (χ0v) is 17.6. The molecule has 30 heavy (non-hydrogen) atoms. The van der Waals surface area contributed by atoms with E-state index >= 15 is 0 Å². The SMILES string of the molecule is CC(=O)NCCNC(=O)C1CCCN(C2CCN(c3nc4ccccc4o3)CC2)C1. The van der Waals surface area contributed by atoms with Gasteiger partial charge in [-0.05, 0) is 44.4 Å². The molecule has 2 aromatic rings. The first-order valence-corrected chi connectivity index (χ1v) is 11.0. The maximum Gasteiger partial charge on any atom is 0.298 e. The monoisotopic (exact) mass is 413 g/mol. The number of likely N-dealkylation sites (tertiary alicyclic amines) is 1. The van der Waals surface area contributed by atoms with Gasteiger partial charge in [0.15, 0.2) is 5.58 Å². The first kappa shape index (κ1) is 20.7. The average molecular weight is 414 g/mol. The minimum Gasteiger partial charge on any atom is -0.423 e. The van der Waals surface area contributed by atoms with E-state index in [0.29, 0.717) is 25.1 Å². The van der Waals surface area contributed by atoms with Gasteiger partial charge < -0.3 is 20.0 Å². The highest BCUT2D eigenvalue weighted by atomic mass is 16.4. The molecule has 4 rings (SSSR count). The van der Waals surface area contributed by atoms with Crippen LogP contribution in [0.1, 0.15) is 32.6 Å². The van der Waals surface area contributed by atoms with Crippen LogP contribution in [0.5, 0.6) is 0 Å². The van der Waals surface area contributed by atoms with Crippen LogP contribution >= 0.6 is 0 Å². The summed E-state index contributed by atoms with van der Waals surface area (Å²) in [6.45, 7) is 6.16. The predicted molar refractivity (Wildman–Crippen MR) is 115 cm³/mol. The van der Waals surface area contributed by atoms with Gasteiger partial charge in [0.25, 0.3) is 6.01 Å². The van der Waals surface area contributed by atoms with Crippen LogP contribution in [0.3, 0.4) is 0 Å². The van der Waals surface area contributed by atoms with Crippen molar-refractivity contribution in [3.05, 3.63) is 24.3 Å². The van der Waals surface area contributed by atoms with Crippen molar-refractivity contribution in [3.63, 3.8) is 0 Å². The van der Waals surface area contributed by atoms with Gasteiger partial charge in [-0.3, -0.25) is 14.5 Å². The lowest BCUT2D eigenvalue weighted by Gasteiger charge is -2.41. The molecule has 1 aromatic heterocycles. The topological polar surface area (TPSA) is 90.7 Å². The predicted octanol–water partition coefficient (Wildman–Crippen LogP) is 1.76. The second-order valence-corrected chi connectivity index (χ2v) is 8.29. The molecule has 162 valence electrons. The summed E-state index contributed by atoms with van der Waals surface area (Å²) < 4.78 is 5.92. The van der Waals surface area contributed by atoms with Crippen LogP contribution in [0.25, 0.3) is 11.1 Å². The number of hydrogen-bond acceptors (Lipinski definition) is 6. The number of piperidine rings is 2. The van der Waals surface area contributed by atoms with Crippen molar-refractivity contribution in [1.29, 1.82) is 0 Å². The number of carbonyl (C=O) groups excluding carboxylic acids is 2. The number of amides is 2. The van der Waals surface area contributed by atoms with E-state index < -0.39 is 0 Å². The van der Waals surface area contributed by atoms with Gasteiger partial charge in [-0.25, -0.2) is 0 Å². The molecule has 2 aliphatic heterocycles. The molecular weight excluding hydrogens is 382 g/mol. The van der Waals surface area contributed by atoms with Crippen LogP contribution in [0.2, 0.25) is 0 Å². The Hall–Kier alpha value is -2.61. The van der Waals surface area contributed by atoms with E-state index in [2.05, 4.69) is 25.4 Å². The smallest absolute Gasteiger partial charge is 0.298 e. The van der Waals surface area contributed by atoms with Crippen molar-refractivity contribution in [2.45, 2.75) is 38.6 Å². The summed E-state index contributed by atoms with van der Waals surface area (Å²) in [4.78, 5) is 32.8. The Labute approximate surface area is 177 Å². The quantitative estimate of drug-likeness (QED) is 0.702. The molecule has 0 saturated carbocycles. The molecule has 0 aliphatic carbocycles. The van der Waals surface area contributed by atoms with E-state index in [1.807, 2.05) is 24.3 Å². The minimum atomic E-state index is -0.0720. The Balaban J connectivity index is 1.26. The molecular formula is C22H31N5O3. The van der Waals surface area contributed by atoms with Crippen molar-refractivity contribution in [2.75, 3.05) is 44.2 Å².